The van der Waals surface area contributed by atoms with Crippen LogP contribution in [0.5, 0.6) is 0 Å². The summed E-state index contributed by atoms with van der Waals surface area (Å²) in [5, 5.41) is 23.2. The zero-order valence-corrected chi connectivity index (χ0v) is 40.5. The van der Waals surface area contributed by atoms with Gasteiger partial charge in [0.25, 0.3) is 5.91 Å². The number of aliphatic hydroxyl groups is 2. The van der Waals surface area contributed by atoms with Crippen molar-refractivity contribution in [3.63, 3.8) is 0 Å². The Morgan fingerprint density at radius 3 is 2.22 bits per heavy atom. The van der Waals surface area contributed by atoms with E-state index in [1.807, 2.05) is 47.6 Å². The lowest BCUT2D eigenvalue weighted by Crippen LogP contribution is -2.63. The Balaban J connectivity index is 1.15. The van der Waals surface area contributed by atoms with E-state index in [1.165, 1.54) is 19.3 Å². The van der Waals surface area contributed by atoms with Crippen molar-refractivity contribution in [2.24, 2.45) is 41.4 Å². The number of ketones is 1. The van der Waals surface area contributed by atoms with Gasteiger partial charge in [0.1, 0.15) is 5.78 Å². The van der Waals surface area contributed by atoms with Crippen LogP contribution < -0.4 is 10.9 Å². The van der Waals surface area contributed by atoms with Crippen LogP contribution in [0.3, 0.4) is 0 Å². The van der Waals surface area contributed by atoms with Crippen LogP contribution in [0.25, 0.3) is 0 Å². The molecular weight excluding hydrogens is 835 g/mol. The van der Waals surface area contributed by atoms with Gasteiger partial charge in [0.05, 0.1) is 53.7 Å². The average Bonchev–Trinajstić information content (AvgIpc) is 3.63. The van der Waals surface area contributed by atoms with Gasteiger partial charge in [-0.2, -0.15) is 0 Å². The Kier molecular flexibility index (Phi) is 16.1. The predicted octanol–water partition coefficient (Wildman–Crippen LogP) is 6.53. The highest BCUT2D eigenvalue weighted by Gasteiger charge is 2.64. The molecule has 6 heterocycles. The van der Waals surface area contributed by atoms with Gasteiger partial charge >= 0.3 is 5.97 Å². The van der Waals surface area contributed by atoms with E-state index >= 15 is 0 Å². The first-order valence-electron chi connectivity index (χ1n) is 24.4. The van der Waals surface area contributed by atoms with Crippen molar-refractivity contribution in [1.82, 2.24) is 15.8 Å². The van der Waals surface area contributed by atoms with Gasteiger partial charge < -0.3 is 38.6 Å². The van der Waals surface area contributed by atoms with Crippen LogP contribution in [0.2, 0.25) is 0 Å². The summed E-state index contributed by atoms with van der Waals surface area (Å²) in [6.45, 7) is 21.0. The van der Waals surface area contributed by atoms with Crippen LogP contribution in [0, 0.1) is 41.4 Å². The Morgan fingerprint density at radius 2 is 1.58 bits per heavy atom. The van der Waals surface area contributed by atoms with Crippen LogP contribution in [-0.2, 0) is 42.8 Å². The second-order valence-corrected chi connectivity index (χ2v) is 20.3. The molecule has 0 aliphatic carbocycles. The van der Waals surface area contributed by atoms with Crippen molar-refractivity contribution in [2.45, 2.75) is 206 Å². The maximum absolute atomic E-state index is 14.8. The lowest BCUT2D eigenvalue weighted by atomic mass is 9.72. The molecule has 15 nitrogen and oxygen atoms in total. The van der Waals surface area contributed by atoms with Crippen molar-refractivity contribution >= 4 is 23.6 Å². The highest BCUT2D eigenvalue weighted by Crippen LogP contribution is 2.54. The predicted molar refractivity (Wildman–Crippen MR) is 240 cm³/mol. The summed E-state index contributed by atoms with van der Waals surface area (Å²) in [6, 6.07) is 3.11. The van der Waals surface area contributed by atoms with Gasteiger partial charge in [0.2, 0.25) is 11.7 Å². The fraction of sp³-hybridized carbons (Fsp3) is 0.780. The number of nitrogens with zero attached hydrogens (tertiary/aromatic N) is 1. The minimum atomic E-state index is -1.40. The Hall–Kier alpha value is -3.31. The Bertz CT molecular complexity index is 1870. The first kappa shape index (κ1) is 51.1. The number of aliphatic hydroxyl groups excluding tert-OH is 1. The number of hydrogen-bond donors (Lipinski definition) is 4. The van der Waals surface area contributed by atoms with Gasteiger partial charge in [0, 0.05) is 55.0 Å². The quantitative estimate of drug-likeness (QED) is 0.0893. The van der Waals surface area contributed by atoms with Crippen LogP contribution in [0.15, 0.2) is 36.7 Å². The molecular formula is C50H77N3O12. The lowest BCUT2D eigenvalue weighted by molar-refractivity contribution is -0.409. The molecule has 5 aliphatic rings. The molecule has 0 radical (unpaired) electrons. The number of esters is 1. The average molecular weight is 912 g/mol. The van der Waals surface area contributed by atoms with Gasteiger partial charge in [-0.05, 0) is 108 Å². The number of carbonyl (C=O) groups excluding carboxylic acids is 4. The van der Waals surface area contributed by atoms with E-state index < -0.39 is 94.9 Å². The van der Waals surface area contributed by atoms with E-state index in [4.69, 9.17) is 28.4 Å². The summed E-state index contributed by atoms with van der Waals surface area (Å²) < 4.78 is 40.2. The van der Waals surface area contributed by atoms with E-state index in [9.17, 15) is 29.4 Å². The number of hydrogen-bond acceptors (Lipinski definition) is 13. The molecule has 0 saturated carbocycles. The number of carbonyl (C=O) groups is 4. The molecule has 364 valence electrons. The third-order valence-electron chi connectivity index (χ3n) is 16.0. The smallest absolute Gasteiger partial charge is 0.303 e. The Labute approximate surface area is 385 Å². The molecule has 15 heteroatoms. The molecule has 0 bridgehead atoms. The fourth-order valence-corrected chi connectivity index (χ4v) is 11.6. The summed E-state index contributed by atoms with van der Waals surface area (Å²) >= 11 is 0. The molecule has 2 spiro atoms. The molecule has 5 aliphatic heterocycles. The second kappa shape index (κ2) is 20.5. The first-order valence-corrected chi connectivity index (χ1v) is 24.4. The molecule has 2 amide bonds. The number of amides is 2. The zero-order valence-electron chi connectivity index (χ0n) is 40.5. The van der Waals surface area contributed by atoms with Gasteiger partial charge in [-0.3, -0.25) is 35.0 Å². The topological polar surface area (TPSA) is 201 Å². The summed E-state index contributed by atoms with van der Waals surface area (Å²) in [5.41, 5.74) is 3.69. The van der Waals surface area contributed by atoms with Gasteiger partial charge in [-0.15, -0.1) is 0 Å². The summed E-state index contributed by atoms with van der Waals surface area (Å²) in [4.78, 5) is 57.2. The highest BCUT2D eigenvalue weighted by molar-refractivity contribution is 5.95. The SMILES string of the molecule is CCC(C(=O)NNC(=O)c1ccncc1)[C@H]1CC[C@H](C)[C@H]([C@@H](C)[C@H](O)[C@H](C)C(=O)[C@H](CC)[C@H]2O[C@]3(C=C[C@@H](OC(C)=O)[C@]4(CC[C@@](C)([C@H]5CC[C@](O)(CC)[C@H](C)O5)O4)O3)[C@H](C)C[C@@H]2C)O1. The first-order chi connectivity index (χ1) is 30.7. The van der Waals surface area contributed by atoms with E-state index in [0.717, 1.165) is 6.42 Å². The standard InChI is InChI=1S/C50H77N3O12/c1-12-36(46(58)53-52-45(57)35-19-25-51-26-20-35)38-16-15-28(4)43(62-38)32(8)41(55)31(7)42(56)37(13-2)44-29(5)27-30(6)49(63-44)22-18-40(61-34(10)54)50(65-49)24-23-47(11,64-50)39-17-21-48(59,14-3)33(9)60-39/h18-20,22,25-26,28-33,36-41,43-44,55,59H,12-17,21,23-24,27H2,1-11H3,(H,52,57)(H,53,58)/t28-,29-,30+,31-,32-,33-,36?,37-,38+,39+,40+,41+,43+,44-,47-,48+,49-,50-/m0/s1. The van der Waals surface area contributed by atoms with Crippen LogP contribution in [0.4, 0.5) is 0 Å². The van der Waals surface area contributed by atoms with Crippen molar-refractivity contribution in [3.8, 4) is 0 Å². The molecule has 1 unspecified atom stereocenters. The Morgan fingerprint density at radius 1 is 0.892 bits per heavy atom. The van der Waals surface area contributed by atoms with Crippen molar-refractivity contribution in [1.29, 1.82) is 0 Å². The number of aromatic nitrogens is 1. The van der Waals surface area contributed by atoms with Crippen molar-refractivity contribution in [3.05, 3.63) is 42.2 Å². The second-order valence-electron chi connectivity index (χ2n) is 20.3. The summed E-state index contributed by atoms with van der Waals surface area (Å²) in [6.07, 6.45) is 8.22. The number of pyridine rings is 1. The molecule has 6 rings (SSSR count). The molecule has 1 aromatic rings. The molecule has 1 aromatic heterocycles. The maximum atomic E-state index is 14.8. The van der Waals surface area contributed by atoms with Crippen LogP contribution >= 0.6 is 0 Å². The summed E-state index contributed by atoms with van der Waals surface area (Å²) in [5.74, 6) is -6.61. The van der Waals surface area contributed by atoms with E-state index in [2.05, 4.69) is 36.6 Å². The fourth-order valence-electron chi connectivity index (χ4n) is 11.6. The maximum Gasteiger partial charge on any atom is 0.303 e. The number of rotatable bonds is 14. The van der Waals surface area contributed by atoms with Crippen molar-refractivity contribution in [2.75, 3.05) is 0 Å². The van der Waals surface area contributed by atoms with Gasteiger partial charge in [-0.1, -0.05) is 55.4 Å². The van der Waals surface area contributed by atoms with E-state index in [0.29, 0.717) is 63.4 Å². The van der Waals surface area contributed by atoms with Gasteiger partial charge in [-0.25, -0.2) is 0 Å². The molecule has 0 aromatic carbocycles. The molecule has 4 N–H and O–H groups in total. The molecule has 4 fully saturated rings. The highest BCUT2D eigenvalue weighted by atomic mass is 16.8. The monoisotopic (exact) mass is 912 g/mol. The van der Waals surface area contributed by atoms with Crippen LogP contribution in [-0.4, -0.2) is 104 Å². The number of Topliss-reactive ketones (excluding diaryl/α,β-unsaturated/α-hetero) is 1. The van der Waals surface area contributed by atoms with Crippen molar-refractivity contribution < 1.29 is 57.8 Å². The third-order valence-corrected chi connectivity index (χ3v) is 16.0. The van der Waals surface area contributed by atoms with E-state index in [1.54, 1.807) is 25.1 Å². The molecule has 18 atom stereocenters. The minimum absolute atomic E-state index is 0.0382. The van der Waals surface area contributed by atoms with Crippen LogP contribution in [0.1, 0.15) is 151 Å². The largest absolute Gasteiger partial charge is 0.453 e. The minimum Gasteiger partial charge on any atom is -0.453 e. The number of hydrazine groups is 1. The number of nitrogens with one attached hydrogen (secondary N) is 2. The zero-order chi connectivity index (χ0) is 47.6. The molecule has 4 saturated heterocycles. The van der Waals surface area contributed by atoms with Gasteiger partial charge in [0.15, 0.2) is 11.9 Å². The molecule has 65 heavy (non-hydrogen) atoms. The number of ether oxygens (including phenoxy) is 6. The third kappa shape index (κ3) is 10.4. The normalized spacial score (nSPS) is 39.5. The van der Waals surface area contributed by atoms with E-state index in [-0.39, 0.29) is 35.5 Å². The lowest BCUT2D eigenvalue weighted by Gasteiger charge is -2.54. The summed E-state index contributed by atoms with van der Waals surface area (Å²) in [7, 11) is 0.